The Bertz CT molecular complexity index is 1080. The normalized spacial score (nSPS) is 12.7. The van der Waals surface area contributed by atoms with Crippen LogP contribution in [0, 0.1) is 0 Å². The summed E-state index contributed by atoms with van der Waals surface area (Å²) in [6.07, 6.45) is -6.01. The van der Waals surface area contributed by atoms with Gasteiger partial charge in [-0.2, -0.15) is 13.2 Å². The number of aliphatic hydroxyl groups is 1. The Labute approximate surface area is 163 Å². The number of H-pyrrole nitrogens is 1. The lowest BCUT2D eigenvalue weighted by molar-refractivity contribution is -0.139. The van der Waals surface area contributed by atoms with Gasteiger partial charge < -0.3 is 15.4 Å². The number of nitrogens with zero attached hydrogens (tertiary/aromatic N) is 1. The van der Waals surface area contributed by atoms with E-state index in [1.807, 2.05) is 0 Å². The zero-order valence-electron chi connectivity index (χ0n) is 15.2. The molecule has 1 atom stereocenters. The summed E-state index contributed by atoms with van der Waals surface area (Å²) in [7, 11) is 0. The summed E-state index contributed by atoms with van der Waals surface area (Å²) in [6, 6.07) is 11.4. The third kappa shape index (κ3) is 5.00. The van der Waals surface area contributed by atoms with E-state index in [0.717, 1.165) is 6.07 Å². The number of rotatable bonds is 6. The van der Waals surface area contributed by atoms with E-state index < -0.39 is 23.8 Å². The van der Waals surface area contributed by atoms with Gasteiger partial charge in [-0.05, 0) is 23.8 Å². The summed E-state index contributed by atoms with van der Waals surface area (Å²) in [4.78, 5) is 30.9. The van der Waals surface area contributed by atoms with E-state index in [0.29, 0.717) is 16.7 Å². The zero-order chi connectivity index (χ0) is 21.0. The highest BCUT2D eigenvalue weighted by Crippen LogP contribution is 2.34. The van der Waals surface area contributed by atoms with Gasteiger partial charge in [0.25, 0.3) is 5.56 Å². The minimum Gasteiger partial charge on any atom is -0.387 e. The van der Waals surface area contributed by atoms with E-state index in [1.165, 1.54) is 18.2 Å². The molecule has 0 aliphatic rings. The summed E-state index contributed by atoms with van der Waals surface area (Å²) in [5.41, 5.74) is -1.06. The monoisotopic (exact) mass is 405 g/mol. The second-order valence-electron chi connectivity index (χ2n) is 6.43. The highest BCUT2D eigenvalue weighted by Gasteiger charge is 2.34. The molecule has 0 spiro atoms. The Morgan fingerprint density at radius 2 is 1.83 bits per heavy atom. The number of aliphatic hydroxyl groups excluding tert-OH is 1. The van der Waals surface area contributed by atoms with Gasteiger partial charge in [0.1, 0.15) is 5.82 Å². The average Bonchev–Trinajstić information content (AvgIpc) is 2.70. The molecule has 9 heteroatoms. The molecule has 2 aromatic carbocycles. The second-order valence-corrected chi connectivity index (χ2v) is 6.43. The fourth-order valence-corrected chi connectivity index (χ4v) is 2.94. The molecule has 0 radical (unpaired) electrons. The van der Waals surface area contributed by atoms with Gasteiger partial charge in [-0.15, -0.1) is 0 Å². The first kappa shape index (κ1) is 20.5. The van der Waals surface area contributed by atoms with Crippen molar-refractivity contribution < 1.29 is 23.1 Å². The van der Waals surface area contributed by atoms with E-state index in [-0.39, 0.29) is 30.5 Å². The van der Waals surface area contributed by atoms with Crippen molar-refractivity contribution in [2.24, 2.45) is 0 Å². The number of aromatic amines is 1. The molecule has 6 nitrogen and oxygen atoms in total. The Morgan fingerprint density at radius 1 is 1.14 bits per heavy atom. The van der Waals surface area contributed by atoms with Gasteiger partial charge in [-0.3, -0.25) is 9.59 Å². The number of halogens is 3. The third-order valence-electron chi connectivity index (χ3n) is 4.37. The predicted molar refractivity (Wildman–Crippen MR) is 100 cm³/mol. The van der Waals surface area contributed by atoms with Crippen LogP contribution >= 0.6 is 0 Å². The lowest BCUT2D eigenvalue weighted by Crippen LogP contribution is -2.29. The Morgan fingerprint density at radius 3 is 2.59 bits per heavy atom. The molecule has 152 valence electrons. The van der Waals surface area contributed by atoms with Crippen LogP contribution in [0.1, 0.15) is 29.5 Å². The lowest BCUT2D eigenvalue weighted by Gasteiger charge is -2.17. The number of para-hydroxylation sites is 1. The molecule has 1 heterocycles. The van der Waals surface area contributed by atoms with Gasteiger partial charge in [0.05, 0.1) is 22.6 Å². The number of amides is 1. The van der Waals surface area contributed by atoms with E-state index in [4.69, 9.17) is 0 Å². The van der Waals surface area contributed by atoms with Crippen molar-refractivity contribution in [3.63, 3.8) is 0 Å². The number of carbonyl (C=O) groups is 1. The van der Waals surface area contributed by atoms with Crippen LogP contribution in [0.5, 0.6) is 0 Å². The minimum atomic E-state index is -4.60. The standard InChI is InChI=1S/C20H18F3N3O3/c21-20(22,23)14-7-3-1-5-12(14)16(27)11-24-18(28)10-9-17-25-15-8-4-2-6-13(15)19(29)26-17/h1-8,16,27H,9-11H2,(H,24,28)(H,25,26,29). The highest BCUT2D eigenvalue weighted by molar-refractivity contribution is 5.78. The number of benzene rings is 2. The molecular formula is C20H18F3N3O3. The number of aromatic nitrogens is 2. The van der Waals surface area contributed by atoms with Crippen LogP contribution in [0.15, 0.2) is 53.3 Å². The molecule has 0 aliphatic heterocycles. The number of alkyl halides is 3. The summed E-state index contributed by atoms with van der Waals surface area (Å²) < 4.78 is 39.1. The van der Waals surface area contributed by atoms with E-state index in [9.17, 15) is 27.9 Å². The smallest absolute Gasteiger partial charge is 0.387 e. The van der Waals surface area contributed by atoms with Gasteiger partial charge in [0, 0.05) is 19.4 Å². The summed E-state index contributed by atoms with van der Waals surface area (Å²) in [5, 5.41) is 12.9. The van der Waals surface area contributed by atoms with E-state index in [2.05, 4.69) is 15.3 Å². The van der Waals surface area contributed by atoms with Crippen LogP contribution in [0.3, 0.4) is 0 Å². The van der Waals surface area contributed by atoms with Crippen LogP contribution in [0.2, 0.25) is 0 Å². The SMILES string of the molecule is O=C(CCc1nc2ccccc2c(=O)[nH]1)NCC(O)c1ccccc1C(F)(F)F. The number of fused-ring (bicyclic) bond motifs is 1. The van der Waals surface area contributed by atoms with Crippen LogP contribution in [-0.4, -0.2) is 27.5 Å². The zero-order valence-corrected chi connectivity index (χ0v) is 15.2. The maximum atomic E-state index is 13.0. The first-order valence-electron chi connectivity index (χ1n) is 8.84. The van der Waals surface area contributed by atoms with Crippen LogP contribution in [-0.2, 0) is 17.4 Å². The summed E-state index contributed by atoms with van der Waals surface area (Å²) in [6.45, 7) is -0.367. The highest BCUT2D eigenvalue weighted by atomic mass is 19.4. The van der Waals surface area contributed by atoms with Crippen molar-refractivity contribution in [1.29, 1.82) is 0 Å². The maximum absolute atomic E-state index is 13.0. The Balaban J connectivity index is 1.59. The van der Waals surface area contributed by atoms with Gasteiger partial charge in [-0.25, -0.2) is 4.98 Å². The molecule has 0 aliphatic carbocycles. The molecule has 1 aromatic heterocycles. The van der Waals surface area contributed by atoms with E-state index >= 15 is 0 Å². The van der Waals surface area contributed by atoms with Crippen molar-refractivity contribution in [2.75, 3.05) is 6.54 Å². The number of nitrogens with one attached hydrogen (secondary N) is 2. The second kappa shape index (κ2) is 8.44. The molecular weight excluding hydrogens is 387 g/mol. The maximum Gasteiger partial charge on any atom is 0.416 e. The molecule has 0 fully saturated rings. The fourth-order valence-electron chi connectivity index (χ4n) is 2.94. The lowest BCUT2D eigenvalue weighted by atomic mass is 10.0. The van der Waals surface area contributed by atoms with Gasteiger partial charge >= 0.3 is 6.18 Å². The Kier molecular flexibility index (Phi) is 5.97. The predicted octanol–water partition coefficient (Wildman–Crippen LogP) is 2.72. The Hall–Kier alpha value is -3.20. The summed E-state index contributed by atoms with van der Waals surface area (Å²) in [5.74, 6) is -0.156. The summed E-state index contributed by atoms with van der Waals surface area (Å²) >= 11 is 0. The van der Waals surface area contributed by atoms with Crippen molar-refractivity contribution in [2.45, 2.75) is 25.1 Å². The number of hydrogen-bond acceptors (Lipinski definition) is 4. The number of aryl methyl sites for hydroxylation is 1. The quantitative estimate of drug-likeness (QED) is 0.588. The largest absolute Gasteiger partial charge is 0.416 e. The number of hydrogen-bond donors (Lipinski definition) is 3. The average molecular weight is 405 g/mol. The molecule has 3 aromatic rings. The van der Waals surface area contributed by atoms with E-state index in [1.54, 1.807) is 24.3 Å². The molecule has 3 N–H and O–H groups in total. The third-order valence-corrected chi connectivity index (χ3v) is 4.37. The van der Waals surface area contributed by atoms with Crippen LogP contribution < -0.4 is 10.9 Å². The molecule has 0 bridgehead atoms. The van der Waals surface area contributed by atoms with Crippen LogP contribution in [0.25, 0.3) is 10.9 Å². The molecule has 3 rings (SSSR count). The van der Waals surface area contributed by atoms with Crippen molar-refractivity contribution in [3.05, 3.63) is 75.8 Å². The number of carbonyl (C=O) groups excluding carboxylic acids is 1. The molecule has 1 unspecified atom stereocenters. The van der Waals surface area contributed by atoms with Crippen LogP contribution in [0.4, 0.5) is 13.2 Å². The molecule has 1 amide bonds. The van der Waals surface area contributed by atoms with Gasteiger partial charge in [0.15, 0.2) is 0 Å². The molecule has 29 heavy (non-hydrogen) atoms. The van der Waals surface area contributed by atoms with Crippen molar-refractivity contribution >= 4 is 16.8 Å². The molecule has 0 saturated heterocycles. The molecule has 0 saturated carbocycles. The topological polar surface area (TPSA) is 95.1 Å². The van der Waals surface area contributed by atoms with Gasteiger partial charge in [-0.1, -0.05) is 30.3 Å². The van der Waals surface area contributed by atoms with Crippen molar-refractivity contribution in [3.8, 4) is 0 Å². The minimum absolute atomic E-state index is 0.0467. The fraction of sp³-hybridized carbons (Fsp3) is 0.250. The van der Waals surface area contributed by atoms with Gasteiger partial charge in [0.2, 0.25) is 5.91 Å². The van der Waals surface area contributed by atoms with Crippen molar-refractivity contribution in [1.82, 2.24) is 15.3 Å². The first-order valence-corrected chi connectivity index (χ1v) is 8.84. The first-order chi connectivity index (χ1) is 13.8.